The Morgan fingerprint density at radius 2 is 1.41 bits per heavy atom. The van der Waals surface area contributed by atoms with Crippen LogP contribution in [0.15, 0.2) is 66.7 Å². The van der Waals surface area contributed by atoms with Crippen LogP contribution in [0.2, 0.25) is 0 Å². The summed E-state index contributed by atoms with van der Waals surface area (Å²) in [4.78, 5) is 0. The van der Waals surface area contributed by atoms with Crippen molar-refractivity contribution in [2.24, 2.45) is 0 Å². The van der Waals surface area contributed by atoms with Gasteiger partial charge in [-0.25, -0.2) is 0 Å². The molecule has 0 unspecified atom stereocenters. The molecule has 3 rings (SSSR count). The first-order valence-corrected chi connectivity index (χ1v) is 9.01. The van der Waals surface area contributed by atoms with Crippen molar-refractivity contribution in [1.29, 1.82) is 0 Å². The lowest BCUT2D eigenvalue weighted by Gasteiger charge is -2.38. The van der Waals surface area contributed by atoms with Gasteiger partial charge in [-0.15, -0.1) is 0 Å². The second-order valence-electron chi connectivity index (χ2n) is 7.72. The largest absolute Gasteiger partial charge is 0.491 e. The van der Waals surface area contributed by atoms with Gasteiger partial charge in [0, 0.05) is 0 Å². The summed E-state index contributed by atoms with van der Waals surface area (Å²) in [6.45, 7) is 6.83. The maximum absolute atomic E-state index is 10.5. The van der Waals surface area contributed by atoms with Crippen LogP contribution in [0.1, 0.15) is 27.7 Å². The molecule has 3 aromatic carbocycles. The van der Waals surface area contributed by atoms with E-state index in [1.54, 1.807) is 27.7 Å². The average molecular weight is 364 g/mol. The van der Waals surface area contributed by atoms with E-state index in [1.165, 1.54) is 0 Å². The number of para-hydroxylation sites is 1. The number of hydrogen-bond acceptors (Lipinski definition) is 4. The van der Waals surface area contributed by atoms with Crippen LogP contribution in [0.3, 0.4) is 0 Å². The van der Waals surface area contributed by atoms with Gasteiger partial charge in [-0.2, -0.15) is 0 Å². The highest BCUT2D eigenvalue weighted by Gasteiger charge is 2.39. The minimum absolute atomic E-state index is 0.636. The smallest absolute Gasteiger partial charge is 0.457 e. The predicted molar refractivity (Wildman–Crippen MR) is 110 cm³/mol. The van der Waals surface area contributed by atoms with Gasteiger partial charge in [-0.3, -0.25) is 0 Å². The Labute approximate surface area is 160 Å². The molecule has 5 heteroatoms. The summed E-state index contributed by atoms with van der Waals surface area (Å²) in [5.74, 6) is 1.53. The quantitative estimate of drug-likeness (QED) is 0.652. The molecule has 0 bridgehead atoms. The SMILES string of the molecule is CC(C)(O)C(C)(C)OB(O)c1ccc2cc(Oc3ccccc3)ccc2c1. The molecule has 0 fully saturated rings. The number of benzene rings is 3. The van der Waals surface area contributed by atoms with E-state index >= 15 is 0 Å². The Hall–Kier alpha value is -2.34. The van der Waals surface area contributed by atoms with E-state index in [1.807, 2.05) is 66.7 Å². The van der Waals surface area contributed by atoms with Gasteiger partial charge < -0.3 is 19.5 Å². The van der Waals surface area contributed by atoms with Crippen LogP contribution in [-0.2, 0) is 4.65 Å². The molecule has 140 valence electrons. The Balaban J connectivity index is 1.80. The maximum Gasteiger partial charge on any atom is 0.491 e. The lowest BCUT2D eigenvalue weighted by molar-refractivity contribution is -0.0982. The lowest BCUT2D eigenvalue weighted by atomic mass is 9.76. The second-order valence-corrected chi connectivity index (χ2v) is 7.72. The molecule has 0 heterocycles. The van der Waals surface area contributed by atoms with E-state index in [-0.39, 0.29) is 0 Å². The van der Waals surface area contributed by atoms with Gasteiger partial charge in [-0.1, -0.05) is 42.5 Å². The summed E-state index contributed by atoms with van der Waals surface area (Å²) in [5.41, 5.74) is -1.36. The van der Waals surface area contributed by atoms with Crippen molar-refractivity contribution < 1.29 is 19.5 Å². The van der Waals surface area contributed by atoms with Gasteiger partial charge in [0.15, 0.2) is 0 Å². The maximum atomic E-state index is 10.5. The van der Waals surface area contributed by atoms with Crippen LogP contribution in [0, 0.1) is 0 Å². The Kier molecular flexibility index (Phi) is 5.29. The van der Waals surface area contributed by atoms with Crippen LogP contribution in [0.25, 0.3) is 10.8 Å². The molecule has 0 radical (unpaired) electrons. The Morgan fingerprint density at radius 3 is 2.07 bits per heavy atom. The first-order valence-electron chi connectivity index (χ1n) is 9.01. The van der Waals surface area contributed by atoms with Gasteiger partial charge in [0.1, 0.15) is 11.5 Å². The molecule has 4 nitrogen and oxygen atoms in total. The van der Waals surface area contributed by atoms with Crippen molar-refractivity contribution in [2.45, 2.75) is 38.9 Å². The van der Waals surface area contributed by atoms with Gasteiger partial charge in [0.25, 0.3) is 0 Å². The van der Waals surface area contributed by atoms with Gasteiger partial charge in [0.2, 0.25) is 0 Å². The zero-order valence-electron chi connectivity index (χ0n) is 16.1. The summed E-state index contributed by atoms with van der Waals surface area (Å²) in [6.07, 6.45) is 0. The first kappa shape index (κ1) is 19.4. The summed E-state index contributed by atoms with van der Waals surface area (Å²) in [5, 5.41) is 22.7. The van der Waals surface area contributed by atoms with Gasteiger partial charge in [-0.05, 0) is 68.2 Å². The molecule has 0 saturated heterocycles. The average Bonchev–Trinajstić information content (AvgIpc) is 2.61. The lowest BCUT2D eigenvalue weighted by Crippen LogP contribution is -2.53. The van der Waals surface area contributed by atoms with E-state index < -0.39 is 18.3 Å². The summed E-state index contributed by atoms with van der Waals surface area (Å²) >= 11 is 0. The third-order valence-electron chi connectivity index (χ3n) is 4.98. The van der Waals surface area contributed by atoms with Gasteiger partial charge in [0.05, 0.1) is 11.2 Å². The fourth-order valence-electron chi connectivity index (χ4n) is 2.58. The summed E-state index contributed by atoms with van der Waals surface area (Å²) < 4.78 is 11.6. The van der Waals surface area contributed by atoms with Crippen LogP contribution in [0.4, 0.5) is 0 Å². The number of rotatable bonds is 6. The molecular weight excluding hydrogens is 339 g/mol. The Morgan fingerprint density at radius 1 is 0.778 bits per heavy atom. The molecule has 0 aromatic heterocycles. The van der Waals surface area contributed by atoms with Gasteiger partial charge >= 0.3 is 7.12 Å². The zero-order chi connectivity index (χ0) is 19.7. The summed E-state index contributed by atoms with van der Waals surface area (Å²) in [6, 6.07) is 21.0. The topological polar surface area (TPSA) is 58.9 Å². The molecular formula is C22H25BO4. The highest BCUT2D eigenvalue weighted by Crippen LogP contribution is 2.27. The summed E-state index contributed by atoms with van der Waals surface area (Å²) in [7, 11) is -1.13. The van der Waals surface area contributed by atoms with E-state index in [9.17, 15) is 10.1 Å². The van der Waals surface area contributed by atoms with Crippen LogP contribution >= 0.6 is 0 Å². The standard InChI is InChI=1S/C22H25BO4/c1-21(2,24)22(3,4)27-23(25)18-12-10-17-15-20(13-11-16(17)14-18)26-19-8-6-5-7-9-19/h5-15,24-25H,1-4H3. The van der Waals surface area contributed by atoms with Crippen molar-refractivity contribution in [2.75, 3.05) is 0 Å². The molecule has 27 heavy (non-hydrogen) atoms. The van der Waals surface area contributed by atoms with E-state index in [4.69, 9.17) is 9.39 Å². The zero-order valence-corrected chi connectivity index (χ0v) is 16.1. The molecule has 0 saturated carbocycles. The number of hydrogen-bond donors (Lipinski definition) is 2. The fraction of sp³-hybridized carbons (Fsp3) is 0.273. The normalized spacial score (nSPS) is 12.2. The van der Waals surface area contributed by atoms with E-state index in [0.717, 1.165) is 22.3 Å². The minimum atomic E-state index is -1.13. The molecule has 0 amide bonds. The third-order valence-corrected chi connectivity index (χ3v) is 4.98. The van der Waals surface area contributed by atoms with Crippen molar-refractivity contribution in [3.05, 3.63) is 66.7 Å². The molecule has 0 atom stereocenters. The molecule has 0 aliphatic rings. The highest BCUT2D eigenvalue weighted by atomic mass is 16.5. The predicted octanol–water partition coefficient (Wildman–Crippen LogP) is 3.89. The van der Waals surface area contributed by atoms with Crippen molar-refractivity contribution in [3.8, 4) is 11.5 Å². The second kappa shape index (κ2) is 7.35. The first-order chi connectivity index (χ1) is 12.7. The van der Waals surface area contributed by atoms with Crippen LogP contribution in [-0.4, -0.2) is 28.5 Å². The van der Waals surface area contributed by atoms with E-state index in [0.29, 0.717) is 5.46 Å². The minimum Gasteiger partial charge on any atom is -0.457 e. The third kappa shape index (κ3) is 4.50. The molecule has 3 aromatic rings. The molecule has 0 aliphatic carbocycles. The van der Waals surface area contributed by atoms with Crippen molar-refractivity contribution in [3.63, 3.8) is 0 Å². The van der Waals surface area contributed by atoms with Crippen molar-refractivity contribution >= 4 is 23.4 Å². The molecule has 0 aliphatic heterocycles. The highest BCUT2D eigenvalue weighted by molar-refractivity contribution is 6.60. The number of fused-ring (bicyclic) bond motifs is 1. The van der Waals surface area contributed by atoms with Crippen molar-refractivity contribution in [1.82, 2.24) is 0 Å². The van der Waals surface area contributed by atoms with Crippen LogP contribution < -0.4 is 10.2 Å². The van der Waals surface area contributed by atoms with E-state index in [2.05, 4.69) is 0 Å². The number of aliphatic hydroxyl groups is 1. The number of ether oxygens (including phenoxy) is 1. The molecule has 2 N–H and O–H groups in total. The Bertz CT molecular complexity index is 916. The fourth-order valence-corrected chi connectivity index (χ4v) is 2.58. The monoisotopic (exact) mass is 364 g/mol. The van der Waals surface area contributed by atoms with Crippen LogP contribution in [0.5, 0.6) is 11.5 Å². The molecule has 0 spiro atoms.